The van der Waals surface area contributed by atoms with Crippen LogP contribution < -0.4 is 5.32 Å². The molecule has 0 amide bonds. The highest BCUT2D eigenvalue weighted by molar-refractivity contribution is 7.10. The van der Waals surface area contributed by atoms with E-state index in [-0.39, 0.29) is 0 Å². The quantitative estimate of drug-likeness (QED) is 0.846. The van der Waals surface area contributed by atoms with Gasteiger partial charge < -0.3 is 10.2 Å². The molecule has 2 atom stereocenters. The number of nitrogens with one attached hydrogen (secondary N) is 1. The van der Waals surface area contributed by atoms with Gasteiger partial charge in [0.25, 0.3) is 0 Å². The van der Waals surface area contributed by atoms with Gasteiger partial charge in [-0.15, -0.1) is 11.3 Å². The second-order valence-electron chi connectivity index (χ2n) is 4.29. The molecule has 0 spiro atoms. The highest BCUT2D eigenvalue weighted by atomic mass is 32.1. The lowest BCUT2D eigenvalue weighted by molar-refractivity contribution is 0.185. The van der Waals surface area contributed by atoms with Gasteiger partial charge in [-0.1, -0.05) is 13.0 Å². The Balaban J connectivity index is 2.05. The minimum atomic E-state index is 0.658. The zero-order valence-electron chi connectivity index (χ0n) is 9.57. The zero-order valence-corrected chi connectivity index (χ0v) is 10.4. The van der Waals surface area contributed by atoms with Gasteiger partial charge >= 0.3 is 0 Å². The first-order valence-corrected chi connectivity index (χ1v) is 6.64. The molecule has 15 heavy (non-hydrogen) atoms. The van der Waals surface area contributed by atoms with Crippen molar-refractivity contribution in [1.29, 1.82) is 0 Å². The lowest BCUT2D eigenvalue weighted by Gasteiger charge is -2.36. The number of piperidine rings is 1. The molecule has 1 N–H and O–H groups in total. The third-order valence-electron chi connectivity index (χ3n) is 3.33. The van der Waals surface area contributed by atoms with E-state index in [9.17, 15) is 0 Å². The zero-order chi connectivity index (χ0) is 10.7. The fourth-order valence-electron chi connectivity index (χ4n) is 2.39. The maximum absolute atomic E-state index is 3.42. The summed E-state index contributed by atoms with van der Waals surface area (Å²) < 4.78 is 0. The van der Waals surface area contributed by atoms with Gasteiger partial charge in [0.15, 0.2) is 0 Å². The summed E-state index contributed by atoms with van der Waals surface area (Å²) in [6, 6.07) is 5.10. The SMILES string of the molecule is CCN1CC(NC)CC(c2cccs2)C1. The monoisotopic (exact) mass is 224 g/mol. The van der Waals surface area contributed by atoms with Gasteiger partial charge in [-0.05, 0) is 31.5 Å². The Kier molecular flexibility index (Phi) is 3.78. The Labute approximate surface area is 96.3 Å². The molecule has 3 heteroatoms. The van der Waals surface area contributed by atoms with Crippen molar-refractivity contribution < 1.29 is 0 Å². The van der Waals surface area contributed by atoms with Crippen LogP contribution in [0.3, 0.4) is 0 Å². The van der Waals surface area contributed by atoms with Gasteiger partial charge in [0.2, 0.25) is 0 Å². The van der Waals surface area contributed by atoms with Crippen molar-refractivity contribution in [3.8, 4) is 0 Å². The highest BCUT2D eigenvalue weighted by Gasteiger charge is 2.26. The summed E-state index contributed by atoms with van der Waals surface area (Å²) >= 11 is 1.90. The molecule has 2 unspecified atom stereocenters. The number of thiophene rings is 1. The van der Waals surface area contributed by atoms with Crippen LogP contribution in [0.4, 0.5) is 0 Å². The van der Waals surface area contributed by atoms with Crippen LogP contribution >= 0.6 is 11.3 Å². The van der Waals surface area contributed by atoms with Crippen LogP contribution in [0.25, 0.3) is 0 Å². The molecular weight excluding hydrogens is 204 g/mol. The van der Waals surface area contributed by atoms with E-state index < -0.39 is 0 Å². The Bertz CT molecular complexity index is 272. The highest BCUT2D eigenvalue weighted by Crippen LogP contribution is 2.29. The van der Waals surface area contributed by atoms with E-state index in [1.54, 1.807) is 4.88 Å². The lowest BCUT2D eigenvalue weighted by Crippen LogP contribution is -2.47. The van der Waals surface area contributed by atoms with Crippen LogP contribution in [-0.4, -0.2) is 37.6 Å². The van der Waals surface area contributed by atoms with Gasteiger partial charge in [-0.25, -0.2) is 0 Å². The summed E-state index contributed by atoms with van der Waals surface area (Å²) in [5.41, 5.74) is 0. The van der Waals surface area contributed by atoms with Crippen LogP contribution in [0.2, 0.25) is 0 Å². The van der Waals surface area contributed by atoms with Crippen molar-refractivity contribution in [2.75, 3.05) is 26.7 Å². The summed E-state index contributed by atoms with van der Waals surface area (Å²) in [6.45, 7) is 5.85. The average Bonchev–Trinajstić information content (AvgIpc) is 2.81. The molecule has 0 saturated carbocycles. The van der Waals surface area contributed by atoms with Crippen molar-refractivity contribution in [2.24, 2.45) is 0 Å². The summed E-state index contributed by atoms with van der Waals surface area (Å²) in [6.07, 6.45) is 1.29. The van der Waals surface area contributed by atoms with Crippen molar-refractivity contribution >= 4 is 11.3 Å². The molecular formula is C12H20N2S. The van der Waals surface area contributed by atoms with Gasteiger partial charge in [0, 0.05) is 29.9 Å². The summed E-state index contributed by atoms with van der Waals surface area (Å²) in [7, 11) is 2.08. The predicted octanol–water partition coefficient (Wildman–Crippen LogP) is 2.15. The number of likely N-dealkylation sites (tertiary alicyclic amines) is 1. The first-order valence-electron chi connectivity index (χ1n) is 5.76. The first-order chi connectivity index (χ1) is 7.33. The van der Waals surface area contributed by atoms with Crippen LogP contribution in [-0.2, 0) is 0 Å². The third kappa shape index (κ3) is 2.60. The lowest BCUT2D eigenvalue weighted by atomic mass is 9.93. The molecule has 1 fully saturated rings. The smallest absolute Gasteiger partial charge is 0.0198 e. The molecule has 0 bridgehead atoms. The second kappa shape index (κ2) is 5.10. The van der Waals surface area contributed by atoms with E-state index in [4.69, 9.17) is 0 Å². The van der Waals surface area contributed by atoms with E-state index in [1.807, 2.05) is 11.3 Å². The number of rotatable bonds is 3. The Morgan fingerprint density at radius 2 is 2.40 bits per heavy atom. The molecule has 84 valence electrons. The summed E-state index contributed by atoms with van der Waals surface area (Å²) in [5, 5.41) is 5.61. The first kappa shape index (κ1) is 11.1. The van der Waals surface area contributed by atoms with Crippen molar-refractivity contribution in [3.63, 3.8) is 0 Å². The van der Waals surface area contributed by atoms with Crippen LogP contribution in [0, 0.1) is 0 Å². The van der Waals surface area contributed by atoms with Gasteiger partial charge in [0.1, 0.15) is 0 Å². The maximum Gasteiger partial charge on any atom is 0.0198 e. The number of hydrogen-bond acceptors (Lipinski definition) is 3. The minimum absolute atomic E-state index is 0.658. The third-order valence-corrected chi connectivity index (χ3v) is 4.36. The molecule has 2 heterocycles. The Morgan fingerprint density at radius 3 is 3.00 bits per heavy atom. The number of likely N-dealkylation sites (N-methyl/N-ethyl adjacent to an activating group) is 2. The van der Waals surface area contributed by atoms with E-state index in [0.717, 1.165) is 5.92 Å². The van der Waals surface area contributed by atoms with Crippen molar-refractivity contribution in [1.82, 2.24) is 10.2 Å². The van der Waals surface area contributed by atoms with E-state index in [0.29, 0.717) is 6.04 Å². The fraction of sp³-hybridized carbons (Fsp3) is 0.667. The number of nitrogens with zero attached hydrogens (tertiary/aromatic N) is 1. The molecule has 0 aromatic carbocycles. The molecule has 1 aromatic rings. The van der Waals surface area contributed by atoms with Gasteiger partial charge in [0.05, 0.1) is 0 Å². The maximum atomic E-state index is 3.42. The summed E-state index contributed by atoms with van der Waals surface area (Å²) in [4.78, 5) is 4.10. The second-order valence-corrected chi connectivity index (χ2v) is 5.27. The van der Waals surface area contributed by atoms with Gasteiger partial charge in [-0.3, -0.25) is 0 Å². The van der Waals surface area contributed by atoms with E-state index in [1.165, 1.54) is 26.1 Å². The minimum Gasteiger partial charge on any atom is -0.316 e. The van der Waals surface area contributed by atoms with Gasteiger partial charge in [-0.2, -0.15) is 0 Å². The average molecular weight is 224 g/mol. The standard InChI is InChI=1S/C12H20N2S/c1-3-14-8-10(7-11(9-14)13-2)12-5-4-6-15-12/h4-6,10-11,13H,3,7-9H2,1-2H3. The van der Waals surface area contributed by atoms with Crippen LogP contribution in [0.5, 0.6) is 0 Å². The predicted molar refractivity (Wildman–Crippen MR) is 66.6 cm³/mol. The fourth-order valence-corrected chi connectivity index (χ4v) is 3.22. The van der Waals surface area contributed by atoms with Crippen LogP contribution in [0.15, 0.2) is 17.5 Å². The topological polar surface area (TPSA) is 15.3 Å². The summed E-state index contributed by atoms with van der Waals surface area (Å²) in [5.74, 6) is 0.733. The van der Waals surface area contributed by atoms with Crippen molar-refractivity contribution in [3.05, 3.63) is 22.4 Å². The van der Waals surface area contributed by atoms with E-state index in [2.05, 4.69) is 41.7 Å². The molecule has 2 nitrogen and oxygen atoms in total. The molecule has 1 saturated heterocycles. The normalized spacial score (nSPS) is 28.1. The molecule has 1 aromatic heterocycles. The largest absolute Gasteiger partial charge is 0.316 e. The molecule has 1 aliphatic rings. The molecule has 1 aliphatic heterocycles. The molecule has 0 aliphatic carbocycles. The molecule has 0 radical (unpaired) electrons. The van der Waals surface area contributed by atoms with Crippen LogP contribution in [0.1, 0.15) is 24.1 Å². The molecule has 2 rings (SSSR count). The number of hydrogen-bond donors (Lipinski definition) is 1. The van der Waals surface area contributed by atoms with Crippen molar-refractivity contribution in [2.45, 2.75) is 25.3 Å². The Morgan fingerprint density at radius 1 is 1.53 bits per heavy atom. The van der Waals surface area contributed by atoms with E-state index >= 15 is 0 Å². The Hall–Kier alpha value is -0.380.